The Balaban J connectivity index is 3.33. The molecule has 0 spiro atoms. The van der Waals surface area contributed by atoms with Gasteiger partial charge in [-0.1, -0.05) is 6.92 Å². The first-order valence-electron chi connectivity index (χ1n) is 2.91. The Hall–Kier alpha value is -0.220. The van der Waals surface area contributed by atoms with Crippen molar-refractivity contribution in [1.82, 2.24) is 5.32 Å². The highest BCUT2D eigenvalue weighted by molar-refractivity contribution is 4.68. The molecule has 0 rings (SSSR count). The summed E-state index contributed by atoms with van der Waals surface area (Å²) in [6, 6.07) is 0. The van der Waals surface area contributed by atoms with Gasteiger partial charge in [-0.3, -0.25) is 0 Å². The first kappa shape index (κ1) is 8.78. The maximum Gasteiger partial charge on any atom is 0.272 e. The van der Waals surface area contributed by atoms with E-state index in [1.165, 1.54) is 0 Å². The molecule has 0 atom stereocenters. The van der Waals surface area contributed by atoms with Gasteiger partial charge in [-0.2, -0.15) is 0 Å². The quantitative estimate of drug-likeness (QED) is 0.582. The summed E-state index contributed by atoms with van der Waals surface area (Å²) in [5, 5.41) is 2.51. The van der Waals surface area contributed by atoms with Crippen LogP contribution in [0.25, 0.3) is 0 Å². The van der Waals surface area contributed by atoms with Gasteiger partial charge in [0.05, 0.1) is 13.1 Å². The van der Waals surface area contributed by atoms with Gasteiger partial charge in [0.2, 0.25) is 0 Å². The van der Waals surface area contributed by atoms with Gasteiger partial charge in [0.1, 0.15) is 0 Å². The molecule has 0 aromatic carbocycles. The number of hydrogen-bond donors (Lipinski definition) is 2. The molecular formula is C5H12F2N2. The molecule has 3 N–H and O–H groups in total. The Labute approximate surface area is 53.4 Å². The van der Waals surface area contributed by atoms with Crippen molar-refractivity contribution in [1.29, 1.82) is 0 Å². The molecule has 0 unspecified atom stereocenters. The highest BCUT2D eigenvalue weighted by atomic mass is 19.3. The summed E-state index contributed by atoms with van der Waals surface area (Å²) in [4.78, 5) is 0. The number of alkyl halides is 2. The van der Waals surface area contributed by atoms with Crippen LogP contribution >= 0.6 is 0 Å². The van der Waals surface area contributed by atoms with E-state index >= 15 is 0 Å². The Morgan fingerprint density at radius 2 is 2.11 bits per heavy atom. The molecule has 0 saturated heterocycles. The fraction of sp³-hybridized carbons (Fsp3) is 1.00. The maximum absolute atomic E-state index is 12.2. The third kappa shape index (κ3) is 4.29. The minimum Gasteiger partial charge on any atom is -0.325 e. The van der Waals surface area contributed by atoms with E-state index in [2.05, 4.69) is 5.32 Å². The lowest BCUT2D eigenvalue weighted by Gasteiger charge is -2.12. The predicted molar refractivity (Wildman–Crippen MR) is 32.5 cm³/mol. The smallest absolute Gasteiger partial charge is 0.272 e. The van der Waals surface area contributed by atoms with Crippen LogP contribution in [-0.2, 0) is 0 Å². The van der Waals surface area contributed by atoms with Gasteiger partial charge in [0.25, 0.3) is 5.92 Å². The van der Waals surface area contributed by atoms with Gasteiger partial charge in [0, 0.05) is 0 Å². The second-order valence-corrected chi connectivity index (χ2v) is 1.84. The van der Waals surface area contributed by atoms with E-state index in [-0.39, 0.29) is 6.54 Å². The average Bonchev–Trinajstić information content (AvgIpc) is 1.84. The molecule has 0 fully saturated rings. The second kappa shape index (κ2) is 3.74. The van der Waals surface area contributed by atoms with Crippen LogP contribution in [0.15, 0.2) is 0 Å². The van der Waals surface area contributed by atoms with Crippen molar-refractivity contribution in [2.24, 2.45) is 5.73 Å². The summed E-state index contributed by atoms with van der Waals surface area (Å²) in [7, 11) is 0. The van der Waals surface area contributed by atoms with E-state index in [1.807, 2.05) is 0 Å². The van der Waals surface area contributed by atoms with Crippen LogP contribution in [0.3, 0.4) is 0 Å². The average molecular weight is 138 g/mol. The van der Waals surface area contributed by atoms with Gasteiger partial charge in [-0.05, 0) is 6.54 Å². The van der Waals surface area contributed by atoms with Gasteiger partial charge < -0.3 is 11.1 Å². The van der Waals surface area contributed by atoms with Gasteiger partial charge >= 0.3 is 0 Å². The molecule has 0 aliphatic rings. The van der Waals surface area contributed by atoms with E-state index in [1.54, 1.807) is 6.92 Å². The van der Waals surface area contributed by atoms with Crippen LogP contribution in [0.5, 0.6) is 0 Å². The molecular weight excluding hydrogens is 126 g/mol. The summed E-state index contributed by atoms with van der Waals surface area (Å²) in [6.07, 6.45) is 0. The van der Waals surface area contributed by atoms with Crippen molar-refractivity contribution in [3.8, 4) is 0 Å². The van der Waals surface area contributed by atoms with Crippen LogP contribution < -0.4 is 11.1 Å². The van der Waals surface area contributed by atoms with Crippen molar-refractivity contribution >= 4 is 0 Å². The van der Waals surface area contributed by atoms with Crippen molar-refractivity contribution in [2.75, 3.05) is 19.6 Å². The molecule has 0 radical (unpaired) electrons. The van der Waals surface area contributed by atoms with Crippen molar-refractivity contribution in [3.05, 3.63) is 0 Å². The maximum atomic E-state index is 12.2. The Morgan fingerprint density at radius 1 is 1.56 bits per heavy atom. The molecule has 0 amide bonds. The van der Waals surface area contributed by atoms with E-state index in [0.29, 0.717) is 6.54 Å². The summed E-state index contributed by atoms with van der Waals surface area (Å²) < 4.78 is 24.3. The second-order valence-electron chi connectivity index (χ2n) is 1.84. The van der Waals surface area contributed by atoms with Gasteiger partial charge in [-0.15, -0.1) is 0 Å². The minimum atomic E-state index is -2.74. The number of nitrogens with one attached hydrogen (secondary N) is 1. The highest BCUT2D eigenvalue weighted by Crippen LogP contribution is 2.07. The fourth-order valence-corrected chi connectivity index (χ4v) is 0.380. The normalized spacial score (nSPS) is 12.0. The third-order valence-electron chi connectivity index (χ3n) is 0.932. The lowest BCUT2D eigenvalue weighted by atomic mass is 10.3. The summed E-state index contributed by atoms with van der Waals surface area (Å²) >= 11 is 0. The number of halogens is 2. The van der Waals surface area contributed by atoms with E-state index in [9.17, 15) is 8.78 Å². The van der Waals surface area contributed by atoms with Crippen molar-refractivity contribution < 1.29 is 8.78 Å². The molecule has 0 aromatic heterocycles. The fourth-order valence-electron chi connectivity index (χ4n) is 0.380. The van der Waals surface area contributed by atoms with E-state index < -0.39 is 12.5 Å². The number of hydrogen-bond acceptors (Lipinski definition) is 2. The molecule has 2 nitrogen and oxygen atoms in total. The molecule has 4 heteroatoms. The molecule has 0 aromatic rings. The molecule has 0 aliphatic heterocycles. The highest BCUT2D eigenvalue weighted by Gasteiger charge is 2.25. The number of nitrogens with two attached hydrogens (primary N) is 1. The zero-order chi connectivity index (χ0) is 7.33. The lowest BCUT2D eigenvalue weighted by molar-refractivity contribution is 0.0124. The Bertz CT molecular complexity index is 75.4. The molecule has 0 aliphatic carbocycles. The van der Waals surface area contributed by atoms with Crippen LogP contribution in [0, 0.1) is 0 Å². The van der Waals surface area contributed by atoms with E-state index in [0.717, 1.165) is 0 Å². The topological polar surface area (TPSA) is 38.0 Å². The zero-order valence-electron chi connectivity index (χ0n) is 5.45. The largest absolute Gasteiger partial charge is 0.325 e. The summed E-state index contributed by atoms with van der Waals surface area (Å²) in [5.41, 5.74) is 4.76. The number of rotatable bonds is 4. The Morgan fingerprint density at radius 3 is 2.44 bits per heavy atom. The molecule has 0 saturated carbocycles. The third-order valence-corrected chi connectivity index (χ3v) is 0.932. The summed E-state index contributed by atoms with van der Waals surface area (Å²) in [6.45, 7) is 1.42. The van der Waals surface area contributed by atoms with Gasteiger partial charge in [0.15, 0.2) is 0 Å². The monoisotopic (exact) mass is 138 g/mol. The van der Waals surface area contributed by atoms with Crippen LogP contribution in [0.2, 0.25) is 0 Å². The first-order chi connectivity index (χ1) is 4.12. The molecule has 9 heavy (non-hydrogen) atoms. The Kier molecular flexibility index (Phi) is 3.65. The molecule has 0 heterocycles. The van der Waals surface area contributed by atoms with Crippen LogP contribution in [0.1, 0.15) is 6.92 Å². The van der Waals surface area contributed by atoms with Crippen molar-refractivity contribution in [2.45, 2.75) is 12.8 Å². The van der Waals surface area contributed by atoms with Crippen LogP contribution in [0.4, 0.5) is 8.78 Å². The van der Waals surface area contributed by atoms with Crippen LogP contribution in [-0.4, -0.2) is 25.6 Å². The molecule has 0 bridgehead atoms. The SMILES string of the molecule is CCNCC(F)(F)CN. The summed E-state index contributed by atoms with van der Waals surface area (Å²) in [5.74, 6) is -2.74. The van der Waals surface area contributed by atoms with Crippen molar-refractivity contribution in [3.63, 3.8) is 0 Å². The standard InChI is InChI=1S/C5H12F2N2/c1-2-9-4-5(6,7)3-8/h9H,2-4,8H2,1H3. The van der Waals surface area contributed by atoms with E-state index in [4.69, 9.17) is 5.73 Å². The molecule has 56 valence electrons. The van der Waals surface area contributed by atoms with Gasteiger partial charge in [-0.25, -0.2) is 8.78 Å². The first-order valence-corrected chi connectivity index (χ1v) is 2.91. The zero-order valence-corrected chi connectivity index (χ0v) is 5.45. The minimum absolute atomic E-state index is 0.319. The lowest BCUT2D eigenvalue weighted by Crippen LogP contribution is -2.38. The predicted octanol–water partition coefficient (Wildman–Crippen LogP) is 0.190.